The highest BCUT2D eigenvalue weighted by Gasteiger charge is 2.39. The third-order valence-corrected chi connectivity index (χ3v) is 7.55. The molecule has 2 aliphatic rings. The zero-order chi connectivity index (χ0) is 31.2. The molecule has 15 heteroatoms. The van der Waals surface area contributed by atoms with Crippen molar-refractivity contribution in [3.8, 4) is 11.4 Å². The van der Waals surface area contributed by atoms with Crippen LogP contribution in [0.25, 0.3) is 28.9 Å². The van der Waals surface area contributed by atoms with Crippen LogP contribution >= 0.6 is 11.8 Å². The molecule has 224 valence electrons. The molecule has 1 aliphatic heterocycles. The van der Waals surface area contributed by atoms with E-state index in [2.05, 4.69) is 19.7 Å². The van der Waals surface area contributed by atoms with Crippen LogP contribution in [0.2, 0.25) is 0 Å². The average molecular weight is 630 g/mol. The maximum Gasteiger partial charge on any atom is 0.573 e. The number of hydrogen-bond acceptors (Lipinski definition) is 5. The smallest absolute Gasteiger partial charge is 0.406 e. The standard InChI is InChI=1S/C29H17F6N5O3S/c30-28(31,32)21-3-1-2-4-22(21)40-24(41)14-44-27(40)38-26(42)37-17-6-11-20-16(13-17)5-12-23-25(20)36-15-39(23)18-7-9-19(10-8-18)43-29(33,34)35/h1-5,7-13,15H,6,14H2/b37-17?,38-27-. The summed E-state index contributed by atoms with van der Waals surface area (Å²) in [6.07, 6.45) is -4.33. The number of amidine groups is 1. The predicted molar refractivity (Wildman–Crippen MR) is 152 cm³/mol. The Labute approximate surface area is 247 Å². The number of anilines is 1. The van der Waals surface area contributed by atoms with E-state index >= 15 is 0 Å². The highest BCUT2D eigenvalue weighted by atomic mass is 32.2. The zero-order valence-electron chi connectivity index (χ0n) is 22.1. The van der Waals surface area contributed by atoms with Crippen LogP contribution in [0.15, 0.2) is 77.0 Å². The first kappa shape index (κ1) is 29.2. The number of nitrogens with zero attached hydrogens (tertiary/aromatic N) is 5. The number of rotatable bonds is 3. The molecule has 1 aromatic heterocycles. The lowest BCUT2D eigenvalue weighted by molar-refractivity contribution is -0.274. The number of hydrogen-bond donors (Lipinski definition) is 0. The Kier molecular flexibility index (Phi) is 7.27. The van der Waals surface area contributed by atoms with Gasteiger partial charge in [0.15, 0.2) is 5.17 Å². The van der Waals surface area contributed by atoms with Crippen molar-refractivity contribution in [2.45, 2.75) is 19.0 Å². The molecular weight excluding hydrogens is 612 g/mol. The van der Waals surface area contributed by atoms with Gasteiger partial charge in [0.25, 0.3) is 0 Å². The molecule has 0 N–H and O–H groups in total. The summed E-state index contributed by atoms with van der Waals surface area (Å²) in [6.45, 7) is 0. The molecule has 0 unspecified atom stereocenters. The molecule has 4 aromatic rings. The van der Waals surface area contributed by atoms with Gasteiger partial charge in [-0.1, -0.05) is 36.0 Å². The van der Waals surface area contributed by atoms with Crippen LogP contribution in [0.4, 0.5) is 36.8 Å². The van der Waals surface area contributed by atoms with Crippen molar-refractivity contribution in [3.05, 3.63) is 83.0 Å². The van der Waals surface area contributed by atoms with Gasteiger partial charge in [0.05, 0.1) is 33.7 Å². The number of aliphatic imine (C=N–C) groups is 2. The van der Waals surface area contributed by atoms with Gasteiger partial charge in [0.1, 0.15) is 12.1 Å². The molecule has 1 saturated heterocycles. The third kappa shape index (κ3) is 5.82. The van der Waals surface area contributed by atoms with Gasteiger partial charge in [-0.3, -0.25) is 14.3 Å². The quantitative estimate of drug-likeness (QED) is 0.275. The summed E-state index contributed by atoms with van der Waals surface area (Å²) >= 11 is 0.840. The monoisotopic (exact) mass is 629 g/mol. The fourth-order valence-electron chi connectivity index (χ4n) is 4.82. The van der Waals surface area contributed by atoms with Gasteiger partial charge >= 0.3 is 18.6 Å². The minimum atomic E-state index is -4.80. The van der Waals surface area contributed by atoms with E-state index in [9.17, 15) is 35.9 Å². The van der Waals surface area contributed by atoms with Crippen molar-refractivity contribution in [1.82, 2.24) is 9.55 Å². The second-order valence-electron chi connectivity index (χ2n) is 9.46. The Morgan fingerprint density at radius 3 is 2.43 bits per heavy atom. The van der Waals surface area contributed by atoms with Crippen LogP contribution in [-0.2, 0) is 11.0 Å². The number of carbonyl (C=O) groups excluding carboxylic acids is 2. The van der Waals surface area contributed by atoms with Gasteiger partial charge in [-0.15, -0.1) is 13.2 Å². The van der Waals surface area contributed by atoms with Crippen LogP contribution in [0.3, 0.4) is 0 Å². The van der Waals surface area contributed by atoms with Gasteiger partial charge in [0, 0.05) is 17.3 Å². The van der Waals surface area contributed by atoms with Gasteiger partial charge in [-0.25, -0.2) is 9.78 Å². The Bertz CT molecular complexity index is 2000. The predicted octanol–water partition coefficient (Wildman–Crippen LogP) is 5.60. The van der Waals surface area contributed by atoms with Crippen molar-refractivity contribution in [3.63, 3.8) is 0 Å². The van der Waals surface area contributed by atoms with E-state index in [0.717, 1.165) is 34.0 Å². The third-order valence-electron chi connectivity index (χ3n) is 6.62. The second-order valence-corrected chi connectivity index (χ2v) is 10.4. The van der Waals surface area contributed by atoms with Crippen molar-refractivity contribution in [2.75, 3.05) is 10.7 Å². The number of fused-ring (bicyclic) bond motifs is 3. The Hall–Kier alpha value is -4.92. The summed E-state index contributed by atoms with van der Waals surface area (Å²) in [5.41, 5.74) is 0.735. The number of urea groups is 1. The average Bonchev–Trinajstić information content (AvgIpc) is 3.55. The SMILES string of the molecule is O=C(N=C1C=c2ccc3c(ncn3-c3ccc(OC(F)(F)F)cc3)c2=CC1)/N=C1\SCC(=O)N1c1ccccc1C(F)(F)F. The van der Waals surface area contributed by atoms with Crippen LogP contribution < -0.4 is 20.1 Å². The molecule has 44 heavy (non-hydrogen) atoms. The van der Waals surface area contributed by atoms with Gasteiger partial charge < -0.3 is 4.74 Å². The molecular formula is C29H17F6N5O3S. The summed E-state index contributed by atoms with van der Waals surface area (Å²) in [7, 11) is 0. The van der Waals surface area contributed by atoms with Gasteiger partial charge in [-0.05, 0) is 53.8 Å². The zero-order valence-corrected chi connectivity index (χ0v) is 22.9. The van der Waals surface area contributed by atoms with E-state index in [1.54, 1.807) is 28.9 Å². The van der Waals surface area contributed by atoms with Crippen molar-refractivity contribution < 1.29 is 40.7 Å². The Morgan fingerprint density at radius 2 is 1.70 bits per heavy atom. The summed E-state index contributed by atoms with van der Waals surface area (Å²) in [6, 6.07) is 12.4. The molecule has 0 spiro atoms. The van der Waals surface area contributed by atoms with Crippen molar-refractivity contribution in [1.29, 1.82) is 0 Å². The highest BCUT2D eigenvalue weighted by Crippen LogP contribution is 2.39. The topological polar surface area (TPSA) is 89.1 Å². The maximum atomic E-state index is 13.6. The van der Waals surface area contributed by atoms with E-state index in [0.29, 0.717) is 27.7 Å². The minimum absolute atomic E-state index is 0.184. The lowest BCUT2D eigenvalue weighted by Gasteiger charge is -2.20. The summed E-state index contributed by atoms with van der Waals surface area (Å²) in [5.74, 6) is -1.18. The van der Waals surface area contributed by atoms with Gasteiger partial charge in [-0.2, -0.15) is 23.2 Å². The number of para-hydroxylation sites is 1. The molecule has 0 saturated carbocycles. The van der Waals surface area contributed by atoms with Crippen molar-refractivity contribution >= 4 is 63.5 Å². The highest BCUT2D eigenvalue weighted by molar-refractivity contribution is 8.15. The van der Waals surface area contributed by atoms with E-state index in [4.69, 9.17) is 0 Å². The number of halogens is 6. The summed E-state index contributed by atoms with van der Waals surface area (Å²) < 4.78 is 83.8. The molecule has 6 rings (SSSR count). The van der Waals surface area contributed by atoms with Crippen molar-refractivity contribution in [2.24, 2.45) is 9.98 Å². The number of amides is 3. The first-order chi connectivity index (χ1) is 20.9. The Morgan fingerprint density at radius 1 is 0.955 bits per heavy atom. The number of benzene rings is 3. The molecule has 1 aliphatic carbocycles. The number of thioether (sulfide) groups is 1. The van der Waals surface area contributed by atoms with Crippen LogP contribution in [0.5, 0.6) is 5.75 Å². The largest absolute Gasteiger partial charge is 0.573 e. The van der Waals surface area contributed by atoms with E-state index < -0.39 is 35.7 Å². The fourth-order valence-corrected chi connectivity index (χ4v) is 5.67. The fraction of sp³-hybridized carbons (Fsp3) is 0.138. The number of alkyl halides is 6. The number of imidazole rings is 1. The normalized spacial score (nSPS) is 17.1. The molecule has 1 fully saturated rings. The van der Waals surface area contributed by atoms with E-state index in [1.807, 2.05) is 0 Å². The van der Waals surface area contributed by atoms with Crippen LogP contribution in [0.1, 0.15) is 12.0 Å². The number of ether oxygens (including phenoxy) is 1. The molecule has 8 nitrogen and oxygen atoms in total. The molecule has 0 radical (unpaired) electrons. The first-order valence-corrected chi connectivity index (χ1v) is 13.7. The molecule has 2 heterocycles. The second kappa shape index (κ2) is 11.0. The Balaban J connectivity index is 1.27. The molecule has 3 amide bonds. The van der Waals surface area contributed by atoms with E-state index in [-0.39, 0.29) is 23.1 Å². The lowest BCUT2D eigenvalue weighted by atomic mass is 10.0. The van der Waals surface area contributed by atoms with E-state index in [1.165, 1.54) is 42.7 Å². The summed E-state index contributed by atoms with van der Waals surface area (Å²) in [4.78, 5) is 38.3. The molecule has 0 atom stereocenters. The minimum Gasteiger partial charge on any atom is -0.406 e. The lowest BCUT2D eigenvalue weighted by Crippen LogP contribution is -2.32. The number of carbonyl (C=O) groups is 2. The summed E-state index contributed by atoms with van der Waals surface area (Å²) in [5, 5.41) is 1.24. The van der Waals surface area contributed by atoms with Crippen LogP contribution in [-0.4, -0.2) is 44.5 Å². The number of aromatic nitrogens is 2. The van der Waals surface area contributed by atoms with Gasteiger partial charge in [0.2, 0.25) is 5.91 Å². The molecule has 3 aromatic carbocycles. The molecule has 0 bridgehead atoms. The first-order valence-electron chi connectivity index (χ1n) is 12.7. The van der Waals surface area contributed by atoms with Crippen LogP contribution in [0, 0.1) is 0 Å². The maximum absolute atomic E-state index is 13.6.